The summed E-state index contributed by atoms with van der Waals surface area (Å²) in [5.74, 6) is 2.28. The quantitative estimate of drug-likeness (QED) is 0.344. The lowest BCUT2D eigenvalue weighted by Crippen LogP contribution is -2.37. The van der Waals surface area contributed by atoms with E-state index in [2.05, 4.69) is 54.6 Å². The lowest BCUT2D eigenvalue weighted by molar-refractivity contribution is 0.0676. The number of guanidine groups is 1. The number of ether oxygens (including phenoxy) is 3. The second-order valence-electron chi connectivity index (χ2n) is 7.73. The zero-order chi connectivity index (χ0) is 20.2. The largest absolute Gasteiger partial charge is 0.491 e. The predicted octanol–water partition coefficient (Wildman–Crippen LogP) is 3.28. The van der Waals surface area contributed by atoms with Gasteiger partial charge in [0.2, 0.25) is 0 Å². The van der Waals surface area contributed by atoms with E-state index in [0.717, 1.165) is 62.9 Å². The third-order valence-corrected chi connectivity index (χ3v) is 4.55. The van der Waals surface area contributed by atoms with E-state index in [4.69, 9.17) is 14.2 Å². The molecular formula is C22H37N3O3. The zero-order valence-electron chi connectivity index (χ0n) is 17.9. The molecule has 6 nitrogen and oxygen atoms in total. The van der Waals surface area contributed by atoms with Crippen LogP contribution in [0.15, 0.2) is 23.2 Å². The molecule has 1 heterocycles. The minimum atomic E-state index is 0.216. The molecule has 2 rings (SSSR count). The van der Waals surface area contributed by atoms with E-state index in [1.165, 1.54) is 5.56 Å². The molecule has 0 saturated carbocycles. The fourth-order valence-corrected chi connectivity index (χ4v) is 3.00. The third kappa shape index (κ3) is 8.48. The summed E-state index contributed by atoms with van der Waals surface area (Å²) in [5, 5.41) is 6.70. The number of nitrogens with zero attached hydrogens (tertiary/aromatic N) is 1. The molecule has 0 spiro atoms. The van der Waals surface area contributed by atoms with Crippen LogP contribution in [0, 0.1) is 12.8 Å². The molecule has 6 heteroatoms. The van der Waals surface area contributed by atoms with Gasteiger partial charge in [-0.2, -0.15) is 0 Å². The number of benzene rings is 1. The Hall–Kier alpha value is -1.79. The van der Waals surface area contributed by atoms with Crippen LogP contribution in [0.1, 0.15) is 44.2 Å². The molecule has 1 atom stereocenters. The van der Waals surface area contributed by atoms with Crippen LogP contribution in [0.4, 0.5) is 0 Å². The molecule has 158 valence electrons. The summed E-state index contributed by atoms with van der Waals surface area (Å²) < 4.78 is 17.3. The Kier molecular flexibility index (Phi) is 10.1. The summed E-state index contributed by atoms with van der Waals surface area (Å²) in [4.78, 5) is 4.30. The SMILES string of the molecule is CN=C(NCCCOCC(C)C)NCc1ccc(C)cc1OCC1CCCO1. The number of aryl methyl sites for hydroxylation is 1. The first kappa shape index (κ1) is 22.5. The lowest BCUT2D eigenvalue weighted by Gasteiger charge is -2.17. The molecule has 0 bridgehead atoms. The molecule has 1 unspecified atom stereocenters. The number of rotatable bonds is 11. The van der Waals surface area contributed by atoms with Crippen molar-refractivity contribution in [1.29, 1.82) is 0 Å². The average Bonchev–Trinajstić information content (AvgIpc) is 3.19. The number of hydrogen-bond acceptors (Lipinski definition) is 4. The predicted molar refractivity (Wildman–Crippen MR) is 114 cm³/mol. The number of nitrogens with one attached hydrogen (secondary N) is 2. The van der Waals surface area contributed by atoms with Crippen LogP contribution in [-0.2, 0) is 16.0 Å². The molecule has 2 N–H and O–H groups in total. The van der Waals surface area contributed by atoms with Gasteiger partial charge in [-0.1, -0.05) is 26.0 Å². The average molecular weight is 392 g/mol. The number of aliphatic imine (C=N–C) groups is 1. The van der Waals surface area contributed by atoms with E-state index in [1.54, 1.807) is 7.05 Å². The van der Waals surface area contributed by atoms with Gasteiger partial charge in [0.05, 0.1) is 6.10 Å². The monoisotopic (exact) mass is 391 g/mol. The van der Waals surface area contributed by atoms with E-state index in [9.17, 15) is 0 Å². The molecule has 1 fully saturated rings. The topological polar surface area (TPSA) is 64.1 Å². The minimum Gasteiger partial charge on any atom is -0.491 e. The molecule has 1 saturated heterocycles. The van der Waals surface area contributed by atoms with Gasteiger partial charge in [-0.25, -0.2) is 0 Å². The summed E-state index contributed by atoms with van der Waals surface area (Å²) in [6, 6.07) is 6.31. The van der Waals surface area contributed by atoms with Gasteiger partial charge in [0.25, 0.3) is 0 Å². The molecule has 0 aromatic heterocycles. The first-order valence-electron chi connectivity index (χ1n) is 10.4. The molecule has 1 aliphatic heterocycles. The first-order valence-corrected chi connectivity index (χ1v) is 10.4. The zero-order valence-corrected chi connectivity index (χ0v) is 17.9. The fourth-order valence-electron chi connectivity index (χ4n) is 3.00. The molecule has 0 radical (unpaired) electrons. The minimum absolute atomic E-state index is 0.216. The van der Waals surface area contributed by atoms with Crippen LogP contribution in [-0.4, -0.2) is 52.1 Å². The van der Waals surface area contributed by atoms with Crippen molar-refractivity contribution in [1.82, 2.24) is 10.6 Å². The van der Waals surface area contributed by atoms with Crippen LogP contribution in [0.5, 0.6) is 5.75 Å². The van der Waals surface area contributed by atoms with E-state index >= 15 is 0 Å². The lowest BCUT2D eigenvalue weighted by atomic mass is 10.1. The Bertz CT molecular complexity index is 599. The normalized spacial score (nSPS) is 17.2. The fraction of sp³-hybridized carbons (Fsp3) is 0.682. The van der Waals surface area contributed by atoms with Crippen LogP contribution in [0.3, 0.4) is 0 Å². The molecule has 1 aliphatic rings. The van der Waals surface area contributed by atoms with Crippen molar-refractivity contribution >= 4 is 5.96 Å². The highest BCUT2D eigenvalue weighted by Gasteiger charge is 2.17. The van der Waals surface area contributed by atoms with Gasteiger partial charge in [0, 0.05) is 45.5 Å². The first-order chi connectivity index (χ1) is 13.6. The molecule has 1 aromatic rings. The maximum atomic E-state index is 6.07. The van der Waals surface area contributed by atoms with Crippen LogP contribution >= 0.6 is 0 Å². The summed E-state index contributed by atoms with van der Waals surface area (Å²) in [7, 11) is 1.79. The van der Waals surface area contributed by atoms with Crippen LogP contribution in [0.2, 0.25) is 0 Å². The van der Waals surface area contributed by atoms with Gasteiger partial charge in [-0.05, 0) is 43.7 Å². The Morgan fingerprint density at radius 1 is 1.32 bits per heavy atom. The van der Waals surface area contributed by atoms with Gasteiger partial charge in [0.15, 0.2) is 5.96 Å². The van der Waals surface area contributed by atoms with Crippen molar-refractivity contribution in [3.63, 3.8) is 0 Å². The molecule has 0 amide bonds. The standard InChI is InChI=1S/C22H37N3O3/c1-17(2)15-26-11-6-10-24-22(23-4)25-14-19-9-8-18(3)13-21(19)28-16-20-7-5-12-27-20/h8-9,13,17,20H,5-7,10-12,14-16H2,1-4H3,(H2,23,24,25). The Labute approximate surface area is 170 Å². The van der Waals surface area contributed by atoms with Crippen molar-refractivity contribution in [2.75, 3.05) is 40.0 Å². The molecule has 0 aliphatic carbocycles. The van der Waals surface area contributed by atoms with E-state index in [-0.39, 0.29) is 6.10 Å². The summed E-state index contributed by atoms with van der Waals surface area (Å²) >= 11 is 0. The summed E-state index contributed by atoms with van der Waals surface area (Å²) in [6.07, 6.45) is 3.37. The van der Waals surface area contributed by atoms with Gasteiger partial charge >= 0.3 is 0 Å². The van der Waals surface area contributed by atoms with E-state index < -0.39 is 0 Å². The maximum absolute atomic E-state index is 6.07. The van der Waals surface area contributed by atoms with Gasteiger partial charge in [-0.3, -0.25) is 4.99 Å². The second kappa shape index (κ2) is 12.6. The van der Waals surface area contributed by atoms with Crippen molar-refractivity contribution in [2.45, 2.75) is 52.7 Å². The van der Waals surface area contributed by atoms with Crippen LogP contribution < -0.4 is 15.4 Å². The Morgan fingerprint density at radius 3 is 2.89 bits per heavy atom. The van der Waals surface area contributed by atoms with E-state index in [1.807, 2.05) is 0 Å². The molecular weight excluding hydrogens is 354 g/mol. The Morgan fingerprint density at radius 2 is 2.18 bits per heavy atom. The van der Waals surface area contributed by atoms with Crippen molar-refractivity contribution in [2.24, 2.45) is 10.9 Å². The highest BCUT2D eigenvalue weighted by Crippen LogP contribution is 2.22. The van der Waals surface area contributed by atoms with Gasteiger partial charge in [0.1, 0.15) is 12.4 Å². The van der Waals surface area contributed by atoms with Crippen molar-refractivity contribution in [3.05, 3.63) is 29.3 Å². The highest BCUT2D eigenvalue weighted by atomic mass is 16.5. The highest BCUT2D eigenvalue weighted by molar-refractivity contribution is 5.79. The molecule has 28 heavy (non-hydrogen) atoms. The summed E-state index contributed by atoms with van der Waals surface area (Å²) in [6.45, 7) is 10.9. The summed E-state index contributed by atoms with van der Waals surface area (Å²) in [5.41, 5.74) is 2.31. The smallest absolute Gasteiger partial charge is 0.191 e. The van der Waals surface area contributed by atoms with Gasteiger partial charge in [-0.15, -0.1) is 0 Å². The van der Waals surface area contributed by atoms with Crippen molar-refractivity contribution in [3.8, 4) is 5.75 Å². The number of hydrogen-bond donors (Lipinski definition) is 2. The third-order valence-electron chi connectivity index (χ3n) is 4.55. The molecule has 1 aromatic carbocycles. The maximum Gasteiger partial charge on any atom is 0.191 e. The van der Waals surface area contributed by atoms with Gasteiger partial charge < -0.3 is 24.8 Å². The second-order valence-corrected chi connectivity index (χ2v) is 7.73. The van der Waals surface area contributed by atoms with Crippen LogP contribution in [0.25, 0.3) is 0 Å². The Balaban J connectivity index is 1.76. The van der Waals surface area contributed by atoms with Crippen molar-refractivity contribution < 1.29 is 14.2 Å². The van der Waals surface area contributed by atoms with E-state index in [0.29, 0.717) is 19.1 Å².